The van der Waals surface area contributed by atoms with Gasteiger partial charge in [-0.3, -0.25) is 9.59 Å². The minimum atomic E-state index is -0.0797. The van der Waals surface area contributed by atoms with E-state index in [4.69, 9.17) is 11.6 Å². The molecule has 5 nitrogen and oxygen atoms in total. The Labute approximate surface area is 149 Å². The molecule has 2 amide bonds. The summed E-state index contributed by atoms with van der Waals surface area (Å²) in [7, 11) is 0. The van der Waals surface area contributed by atoms with Crippen molar-refractivity contribution in [3.05, 3.63) is 28.8 Å². The van der Waals surface area contributed by atoms with Gasteiger partial charge in [0.2, 0.25) is 11.8 Å². The van der Waals surface area contributed by atoms with Gasteiger partial charge in [-0.2, -0.15) is 0 Å². The molecule has 24 heavy (non-hydrogen) atoms. The van der Waals surface area contributed by atoms with Gasteiger partial charge in [0.05, 0.1) is 0 Å². The molecule has 0 unspecified atom stereocenters. The van der Waals surface area contributed by atoms with E-state index >= 15 is 0 Å². The van der Waals surface area contributed by atoms with Gasteiger partial charge in [0.1, 0.15) is 0 Å². The van der Waals surface area contributed by atoms with Crippen molar-refractivity contribution in [3.8, 4) is 0 Å². The average molecular weight is 352 g/mol. The lowest BCUT2D eigenvalue weighted by Crippen LogP contribution is -2.49. The first kappa shape index (κ1) is 18.7. The third kappa shape index (κ3) is 4.71. The Bertz CT molecular complexity index is 598. The number of rotatable bonds is 5. The predicted octanol–water partition coefficient (Wildman–Crippen LogP) is 2.56. The number of carbonyl (C=O) groups excluding carboxylic acids is 2. The molecule has 1 heterocycles. The predicted molar refractivity (Wildman–Crippen MR) is 97.5 cm³/mol. The van der Waals surface area contributed by atoms with E-state index in [1.54, 1.807) is 17.0 Å². The van der Waals surface area contributed by atoms with Crippen LogP contribution in [0, 0.1) is 6.92 Å². The average Bonchev–Trinajstić information content (AvgIpc) is 2.57. The molecule has 1 saturated heterocycles. The number of hydrogen-bond acceptors (Lipinski definition) is 3. The summed E-state index contributed by atoms with van der Waals surface area (Å²) in [5.74, 6) is 0.0284. The van der Waals surface area contributed by atoms with Crippen molar-refractivity contribution < 1.29 is 9.59 Å². The van der Waals surface area contributed by atoms with Gasteiger partial charge in [-0.15, -0.1) is 0 Å². The number of aryl methyl sites for hydroxylation is 1. The molecule has 0 aromatic heterocycles. The highest BCUT2D eigenvalue weighted by Gasteiger charge is 2.22. The van der Waals surface area contributed by atoms with Gasteiger partial charge in [0.15, 0.2) is 0 Å². The van der Waals surface area contributed by atoms with Crippen LogP contribution < -0.4 is 4.90 Å². The van der Waals surface area contributed by atoms with Crippen LogP contribution in [0.25, 0.3) is 0 Å². The largest absolute Gasteiger partial charge is 0.340 e. The Balaban J connectivity index is 1.98. The monoisotopic (exact) mass is 351 g/mol. The minimum Gasteiger partial charge on any atom is -0.340 e. The molecule has 0 saturated carbocycles. The van der Waals surface area contributed by atoms with Crippen LogP contribution in [0.4, 0.5) is 5.69 Å². The highest BCUT2D eigenvalue weighted by molar-refractivity contribution is 6.31. The van der Waals surface area contributed by atoms with Gasteiger partial charge in [0.25, 0.3) is 0 Å². The summed E-state index contributed by atoms with van der Waals surface area (Å²) in [6.07, 6.45) is 0.331. The normalized spacial score (nSPS) is 15.4. The first-order chi connectivity index (χ1) is 11.4. The molecule has 1 aliphatic rings. The van der Waals surface area contributed by atoms with Gasteiger partial charge in [-0.05, 0) is 31.2 Å². The van der Waals surface area contributed by atoms with Crippen molar-refractivity contribution in [1.82, 2.24) is 9.80 Å². The zero-order valence-corrected chi connectivity index (χ0v) is 15.5. The fraction of sp³-hybridized carbons (Fsp3) is 0.556. The van der Waals surface area contributed by atoms with Crippen molar-refractivity contribution in [2.24, 2.45) is 0 Å². The van der Waals surface area contributed by atoms with Crippen LogP contribution in [0.1, 0.15) is 25.8 Å². The topological polar surface area (TPSA) is 43.9 Å². The van der Waals surface area contributed by atoms with Gasteiger partial charge in [-0.1, -0.05) is 24.6 Å². The number of anilines is 1. The summed E-state index contributed by atoms with van der Waals surface area (Å²) in [6, 6.07) is 5.47. The van der Waals surface area contributed by atoms with Crippen LogP contribution in [0.3, 0.4) is 0 Å². The molecule has 6 heteroatoms. The van der Waals surface area contributed by atoms with Crippen LogP contribution >= 0.6 is 11.6 Å². The second-order valence-corrected chi connectivity index (χ2v) is 6.60. The smallest absolute Gasteiger partial charge is 0.224 e. The van der Waals surface area contributed by atoms with Crippen molar-refractivity contribution in [2.75, 3.05) is 44.2 Å². The number of likely N-dealkylation sites (N-methyl/N-ethyl adjacent to an activating group) is 1. The molecule has 1 aromatic rings. The first-order valence-electron chi connectivity index (χ1n) is 8.46. The third-order valence-electron chi connectivity index (χ3n) is 4.56. The van der Waals surface area contributed by atoms with E-state index in [1.165, 1.54) is 6.92 Å². The van der Waals surface area contributed by atoms with Crippen molar-refractivity contribution >= 4 is 29.1 Å². The highest BCUT2D eigenvalue weighted by atomic mass is 35.5. The molecule has 0 aliphatic carbocycles. The number of piperazine rings is 1. The van der Waals surface area contributed by atoms with E-state index in [0.717, 1.165) is 44.0 Å². The number of hydrogen-bond donors (Lipinski definition) is 0. The lowest BCUT2D eigenvalue weighted by Gasteiger charge is -2.34. The maximum Gasteiger partial charge on any atom is 0.224 e. The fourth-order valence-corrected chi connectivity index (χ4v) is 3.17. The van der Waals surface area contributed by atoms with Crippen molar-refractivity contribution in [1.29, 1.82) is 0 Å². The summed E-state index contributed by atoms with van der Waals surface area (Å²) >= 11 is 6.06. The second kappa shape index (κ2) is 8.49. The third-order valence-corrected chi connectivity index (χ3v) is 4.80. The van der Waals surface area contributed by atoms with Gasteiger partial charge >= 0.3 is 0 Å². The SMILES string of the molecule is CCN1CCN(C(=O)CCN(C(C)=O)c2cc(Cl)ccc2C)CC1. The number of carbonyl (C=O) groups is 2. The molecular formula is C18H26ClN3O2. The van der Waals surface area contributed by atoms with Gasteiger partial charge in [-0.25, -0.2) is 0 Å². The number of halogens is 1. The standard InChI is InChI=1S/C18H26ClN3O2/c1-4-20-9-11-21(12-10-20)18(24)7-8-22(15(3)23)17-13-16(19)6-5-14(17)2/h5-6,13H,4,7-12H2,1-3H3. The summed E-state index contributed by atoms with van der Waals surface area (Å²) in [4.78, 5) is 30.3. The van der Waals surface area contributed by atoms with E-state index in [1.807, 2.05) is 17.9 Å². The van der Waals surface area contributed by atoms with Crippen molar-refractivity contribution in [2.45, 2.75) is 27.2 Å². The summed E-state index contributed by atoms with van der Waals surface area (Å²) in [5, 5.41) is 0.587. The molecule has 0 atom stereocenters. The number of nitrogens with zero attached hydrogens (tertiary/aromatic N) is 3. The van der Waals surface area contributed by atoms with Crippen LogP contribution in [-0.4, -0.2) is 60.9 Å². The van der Waals surface area contributed by atoms with E-state index < -0.39 is 0 Å². The quantitative estimate of drug-likeness (QED) is 0.819. The molecule has 0 spiro atoms. The molecule has 1 fully saturated rings. The van der Waals surface area contributed by atoms with E-state index in [2.05, 4.69) is 11.8 Å². The Morgan fingerprint density at radius 3 is 2.46 bits per heavy atom. The molecule has 0 radical (unpaired) electrons. The molecule has 1 aliphatic heterocycles. The Morgan fingerprint density at radius 2 is 1.88 bits per heavy atom. The summed E-state index contributed by atoms with van der Waals surface area (Å²) < 4.78 is 0. The van der Waals surface area contributed by atoms with Crippen LogP contribution in [0.15, 0.2) is 18.2 Å². The van der Waals surface area contributed by atoms with E-state index in [9.17, 15) is 9.59 Å². The Hall–Kier alpha value is -1.59. The summed E-state index contributed by atoms with van der Waals surface area (Å²) in [5.41, 5.74) is 1.75. The minimum absolute atomic E-state index is 0.0797. The van der Waals surface area contributed by atoms with Gasteiger partial charge < -0.3 is 14.7 Å². The Morgan fingerprint density at radius 1 is 1.21 bits per heavy atom. The lowest BCUT2D eigenvalue weighted by molar-refractivity contribution is -0.132. The zero-order valence-electron chi connectivity index (χ0n) is 14.7. The molecule has 132 valence electrons. The van der Waals surface area contributed by atoms with Gasteiger partial charge in [0, 0.05) is 56.8 Å². The number of amides is 2. The second-order valence-electron chi connectivity index (χ2n) is 6.17. The molecule has 2 rings (SSSR count). The summed E-state index contributed by atoms with van der Waals surface area (Å²) in [6.45, 7) is 10.4. The van der Waals surface area contributed by atoms with Crippen LogP contribution in [0.2, 0.25) is 5.02 Å². The first-order valence-corrected chi connectivity index (χ1v) is 8.84. The van der Waals surface area contributed by atoms with Crippen molar-refractivity contribution in [3.63, 3.8) is 0 Å². The molecule has 1 aromatic carbocycles. The maximum absolute atomic E-state index is 12.4. The molecule has 0 bridgehead atoms. The highest BCUT2D eigenvalue weighted by Crippen LogP contribution is 2.25. The number of benzene rings is 1. The zero-order chi connectivity index (χ0) is 17.7. The fourth-order valence-electron chi connectivity index (χ4n) is 3.00. The van der Waals surface area contributed by atoms with E-state index in [-0.39, 0.29) is 11.8 Å². The maximum atomic E-state index is 12.4. The van der Waals surface area contributed by atoms with Crippen LogP contribution in [0.5, 0.6) is 0 Å². The lowest BCUT2D eigenvalue weighted by atomic mass is 10.1. The molecular weight excluding hydrogens is 326 g/mol. The van der Waals surface area contributed by atoms with E-state index in [0.29, 0.717) is 18.0 Å². The molecule has 0 N–H and O–H groups in total. The Kier molecular flexibility index (Phi) is 6.63. The van der Waals surface area contributed by atoms with Crippen LogP contribution in [-0.2, 0) is 9.59 Å².